The lowest BCUT2D eigenvalue weighted by Gasteiger charge is -2.13. The van der Waals surface area contributed by atoms with Gasteiger partial charge in [-0.15, -0.1) is 0 Å². The quantitative estimate of drug-likeness (QED) is 0.633. The van der Waals surface area contributed by atoms with Crippen molar-refractivity contribution in [3.8, 4) is 0 Å². The summed E-state index contributed by atoms with van der Waals surface area (Å²) in [6.45, 7) is 1.38. The van der Waals surface area contributed by atoms with E-state index in [1.807, 2.05) is 0 Å². The lowest BCUT2D eigenvalue weighted by atomic mass is 10.2. The SMILES string of the molecule is CCOC(=O)C(F)(F)c1ccc(CBr)cn1. The Kier molecular flexibility index (Phi) is 4.35. The summed E-state index contributed by atoms with van der Waals surface area (Å²) in [6, 6.07) is 2.59. The first-order chi connectivity index (χ1) is 7.52. The summed E-state index contributed by atoms with van der Waals surface area (Å²) in [5, 5.41) is 0.519. The number of halogens is 3. The Morgan fingerprint density at radius 2 is 2.25 bits per heavy atom. The summed E-state index contributed by atoms with van der Waals surface area (Å²) in [7, 11) is 0. The maximum Gasteiger partial charge on any atom is 0.384 e. The molecule has 0 aliphatic rings. The number of rotatable bonds is 4. The average molecular weight is 294 g/mol. The van der Waals surface area contributed by atoms with Crippen LogP contribution in [0.1, 0.15) is 18.2 Å². The second kappa shape index (κ2) is 5.34. The van der Waals surface area contributed by atoms with Crippen LogP contribution in [0.15, 0.2) is 18.3 Å². The molecule has 3 nitrogen and oxygen atoms in total. The fraction of sp³-hybridized carbons (Fsp3) is 0.400. The fourth-order valence-corrected chi connectivity index (χ4v) is 1.35. The van der Waals surface area contributed by atoms with Crippen LogP contribution in [0, 0.1) is 0 Å². The molecule has 1 rings (SSSR count). The van der Waals surface area contributed by atoms with Crippen molar-refractivity contribution in [1.29, 1.82) is 0 Å². The van der Waals surface area contributed by atoms with E-state index in [4.69, 9.17) is 0 Å². The van der Waals surface area contributed by atoms with Crippen LogP contribution in [0.25, 0.3) is 0 Å². The second-order valence-electron chi connectivity index (χ2n) is 2.98. The number of hydrogen-bond acceptors (Lipinski definition) is 3. The zero-order valence-corrected chi connectivity index (χ0v) is 10.1. The minimum atomic E-state index is -3.69. The first-order valence-electron chi connectivity index (χ1n) is 4.58. The third kappa shape index (κ3) is 2.75. The maximum atomic E-state index is 13.4. The molecule has 0 fully saturated rings. The van der Waals surface area contributed by atoms with E-state index in [0.717, 1.165) is 11.6 Å². The number of nitrogens with zero attached hydrogens (tertiary/aromatic N) is 1. The standard InChI is InChI=1S/C10H10BrF2NO2/c1-2-16-9(15)10(12,13)8-4-3-7(5-11)6-14-8/h3-4,6H,2,5H2,1H3. The van der Waals surface area contributed by atoms with Crippen molar-refractivity contribution in [2.45, 2.75) is 18.2 Å². The predicted octanol–water partition coefficient (Wildman–Crippen LogP) is 2.63. The molecule has 0 aromatic carbocycles. The van der Waals surface area contributed by atoms with E-state index >= 15 is 0 Å². The van der Waals surface area contributed by atoms with Gasteiger partial charge in [-0.05, 0) is 18.6 Å². The van der Waals surface area contributed by atoms with E-state index in [9.17, 15) is 13.6 Å². The van der Waals surface area contributed by atoms with Crippen LogP contribution < -0.4 is 0 Å². The number of alkyl halides is 3. The maximum absolute atomic E-state index is 13.4. The normalized spacial score (nSPS) is 11.2. The fourth-order valence-electron chi connectivity index (χ4n) is 1.02. The van der Waals surface area contributed by atoms with Crippen molar-refractivity contribution in [1.82, 2.24) is 4.98 Å². The van der Waals surface area contributed by atoms with Gasteiger partial charge in [0.1, 0.15) is 5.69 Å². The molecule has 88 valence electrons. The Morgan fingerprint density at radius 3 is 2.69 bits per heavy atom. The van der Waals surface area contributed by atoms with Crippen molar-refractivity contribution in [2.24, 2.45) is 0 Å². The molecule has 1 heterocycles. The lowest BCUT2D eigenvalue weighted by Crippen LogP contribution is -2.29. The molecule has 0 amide bonds. The number of pyridine rings is 1. The zero-order valence-electron chi connectivity index (χ0n) is 8.54. The van der Waals surface area contributed by atoms with E-state index in [2.05, 4.69) is 25.7 Å². The molecule has 16 heavy (non-hydrogen) atoms. The van der Waals surface area contributed by atoms with Crippen LogP contribution in [0.4, 0.5) is 8.78 Å². The molecule has 0 aliphatic heterocycles. The molecule has 0 aliphatic carbocycles. The summed E-state index contributed by atoms with van der Waals surface area (Å²) in [4.78, 5) is 14.5. The van der Waals surface area contributed by atoms with Gasteiger partial charge in [0.15, 0.2) is 0 Å². The second-order valence-corrected chi connectivity index (χ2v) is 3.54. The number of carbonyl (C=O) groups is 1. The van der Waals surface area contributed by atoms with Crippen LogP contribution in [-0.4, -0.2) is 17.6 Å². The lowest BCUT2D eigenvalue weighted by molar-refractivity contribution is -0.173. The molecule has 1 aromatic rings. The van der Waals surface area contributed by atoms with Gasteiger partial charge in [-0.25, -0.2) is 4.79 Å². The van der Waals surface area contributed by atoms with Crippen LogP contribution >= 0.6 is 15.9 Å². The Bertz CT molecular complexity index is 368. The van der Waals surface area contributed by atoms with Gasteiger partial charge in [-0.1, -0.05) is 22.0 Å². The Hall–Kier alpha value is -1.04. The van der Waals surface area contributed by atoms with Crippen molar-refractivity contribution in [3.05, 3.63) is 29.6 Å². The molecule has 0 unspecified atom stereocenters. The molecular weight excluding hydrogens is 284 g/mol. The van der Waals surface area contributed by atoms with Gasteiger partial charge in [0.05, 0.1) is 6.61 Å². The Balaban J connectivity index is 2.93. The third-order valence-corrected chi connectivity index (χ3v) is 2.48. The minimum Gasteiger partial charge on any atom is -0.461 e. The summed E-state index contributed by atoms with van der Waals surface area (Å²) in [5.74, 6) is -5.27. The van der Waals surface area contributed by atoms with Gasteiger partial charge in [0.2, 0.25) is 0 Å². The summed E-state index contributed by atoms with van der Waals surface area (Å²) < 4.78 is 31.1. The van der Waals surface area contributed by atoms with E-state index in [-0.39, 0.29) is 6.61 Å². The topological polar surface area (TPSA) is 39.2 Å². The van der Waals surface area contributed by atoms with Gasteiger partial charge in [0.25, 0.3) is 0 Å². The first kappa shape index (κ1) is 13.0. The summed E-state index contributed by atoms with van der Waals surface area (Å²) in [5.41, 5.74) is 0.152. The number of ether oxygens (including phenoxy) is 1. The van der Waals surface area contributed by atoms with E-state index in [1.54, 1.807) is 0 Å². The van der Waals surface area contributed by atoms with E-state index < -0.39 is 17.6 Å². The monoisotopic (exact) mass is 293 g/mol. The molecule has 0 bridgehead atoms. The highest BCUT2D eigenvalue weighted by Crippen LogP contribution is 2.27. The third-order valence-electron chi connectivity index (χ3n) is 1.83. The highest BCUT2D eigenvalue weighted by Gasteiger charge is 2.44. The molecule has 0 N–H and O–H groups in total. The number of aromatic nitrogens is 1. The van der Waals surface area contributed by atoms with Crippen LogP contribution in [0.2, 0.25) is 0 Å². The predicted molar refractivity (Wildman–Crippen MR) is 57.4 cm³/mol. The molecule has 0 saturated heterocycles. The molecule has 0 spiro atoms. The number of carbonyl (C=O) groups excluding carboxylic acids is 1. The number of hydrogen-bond donors (Lipinski definition) is 0. The molecule has 0 radical (unpaired) electrons. The molecular formula is C10H10BrF2NO2. The van der Waals surface area contributed by atoms with E-state index in [1.165, 1.54) is 19.2 Å². The van der Waals surface area contributed by atoms with Gasteiger partial charge in [-0.2, -0.15) is 8.78 Å². The molecule has 0 saturated carbocycles. The highest BCUT2D eigenvalue weighted by atomic mass is 79.9. The van der Waals surface area contributed by atoms with Crippen LogP contribution in [-0.2, 0) is 20.8 Å². The van der Waals surface area contributed by atoms with E-state index in [0.29, 0.717) is 5.33 Å². The average Bonchev–Trinajstić information content (AvgIpc) is 2.29. The Labute approximate surface area is 99.9 Å². The summed E-state index contributed by atoms with van der Waals surface area (Å²) in [6.07, 6.45) is 1.29. The van der Waals surface area contributed by atoms with Gasteiger partial charge >= 0.3 is 11.9 Å². The Morgan fingerprint density at radius 1 is 1.56 bits per heavy atom. The molecule has 6 heteroatoms. The van der Waals surface area contributed by atoms with Crippen molar-refractivity contribution < 1.29 is 18.3 Å². The smallest absolute Gasteiger partial charge is 0.384 e. The van der Waals surface area contributed by atoms with Crippen molar-refractivity contribution in [2.75, 3.05) is 6.61 Å². The van der Waals surface area contributed by atoms with Crippen LogP contribution in [0.5, 0.6) is 0 Å². The minimum absolute atomic E-state index is 0.0894. The zero-order chi connectivity index (χ0) is 12.2. The van der Waals surface area contributed by atoms with Gasteiger partial charge < -0.3 is 4.74 Å². The molecule has 1 aromatic heterocycles. The van der Waals surface area contributed by atoms with Crippen molar-refractivity contribution >= 4 is 21.9 Å². The molecule has 0 atom stereocenters. The first-order valence-corrected chi connectivity index (χ1v) is 5.71. The number of esters is 1. The van der Waals surface area contributed by atoms with Gasteiger partial charge in [-0.3, -0.25) is 4.98 Å². The largest absolute Gasteiger partial charge is 0.461 e. The highest BCUT2D eigenvalue weighted by molar-refractivity contribution is 9.08. The van der Waals surface area contributed by atoms with Gasteiger partial charge in [0, 0.05) is 11.5 Å². The summed E-state index contributed by atoms with van der Waals surface area (Å²) >= 11 is 3.17. The van der Waals surface area contributed by atoms with Crippen molar-refractivity contribution in [3.63, 3.8) is 0 Å². The van der Waals surface area contributed by atoms with Crippen LogP contribution in [0.3, 0.4) is 0 Å².